The van der Waals surface area contributed by atoms with E-state index < -0.39 is 11.6 Å². The molecule has 2 unspecified atom stereocenters. The number of carbonyl (C=O) groups is 1. The smallest absolute Gasteiger partial charge is 0.274 e. The van der Waals surface area contributed by atoms with Gasteiger partial charge in [-0.3, -0.25) is 13.9 Å². The van der Waals surface area contributed by atoms with Crippen molar-refractivity contribution in [3.8, 4) is 5.75 Å². The number of fused-ring (bicyclic) bond motifs is 1. The van der Waals surface area contributed by atoms with Crippen LogP contribution in [-0.2, 0) is 13.2 Å². The van der Waals surface area contributed by atoms with Gasteiger partial charge in [0.25, 0.3) is 5.91 Å². The molecule has 2 atom stereocenters. The van der Waals surface area contributed by atoms with Crippen LogP contribution in [0.4, 0.5) is 14.5 Å². The molecule has 1 aliphatic carbocycles. The van der Waals surface area contributed by atoms with E-state index in [1.54, 1.807) is 42.0 Å². The lowest BCUT2D eigenvalue weighted by molar-refractivity contribution is 0.102. The fourth-order valence-electron chi connectivity index (χ4n) is 5.34. The lowest BCUT2D eigenvalue weighted by Crippen LogP contribution is -2.15. The highest BCUT2D eigenvalue weighted by atomic mass is 19.1. The number of aryl methyl sites for hydroxylation is 2. The van der Waals surface area contributed by atoms with Gasteiger partial charge in [0.1, 0.15) is 23.9 Å². The average molecular weight is 538 g/mol. The average Bonchev–Trinajstić information content (AvgIpc) is 3.42. The van der Waals surface area contributed by atoms with Crippen LogP contribution in [0.3, 0.4) is 0 Å². The summed E-state index contributed by atoms with van der Waals surface area (Å²) in [6.45, 7) is 2.14. The summed E-state index contributed by atoms with van der Waals surface area (Å²) in [7, 11) is 0. The van der Waals surface area contributed by atoms with E-state index in [9.17, 15) is 18.7 Å². The van der Waals surface area contributed by atoms with Crippen LogP contribution in [0.25, 0.3) is 5.65 Å². The minimum atomic E-state index is -0.690. The summed E-state index contributed by atoms with van der Waals surface area (Å²) in [5.41, 5.74) is 1.58. The molecule has 2 N–H and O–H groups in total. The molecular formula is C29H33F2N5O3. The Balaban J connectivity index is 1.22. The molecule has 1 amide bonds. The first kappa shape index (κ1) is 26.8. The number of aliphatic hydroxyl groups is 1. The molecule has 0 saturated heterocycles. The number of rotatable bonds is 9. The molecule has 1 saturated carbocycles. The molecule has 3 heterocycles. The van der Waals surface area contributed by atoms with Crippen LogP contribution in [0, 0.1) is 24.5 Å². The predicted octanol–water partition coefficient (Wildman–Crippen LogP) is 5.67. The lowest BCUT2D eigenvalue weighted by Gasteiger charge is -2.16. The van der Waals surface area contributed by atoms with Gasteiger partial charge in [0, 0.05) is 18.9 Å². The second-order valence-corrected chi connectivity index (χ2v) is 10.2. The topological polar surface area (TPSA) is 93.7 Å². The molecule has 10 heteroatoms. The first-order valence-electron chi connectivity index (χ1n) is 13.4. The van der Waals surface area contributed by atoms with Crippen LogP contribution < -0.4 is 10.1 Å². The van der Waals surface area contributed by atoms with Gasteiger partial charge in [-0.15, -0.1) is 0 Å². The Morgan fingerprint density at radius 2 is 1.97 bits per heavy atom. The number of aromatic nitrogens is 4. The van der Waals surface area contributed by atoms with Crippen molar-refractivity contribution in [3.63, 3.8) is 0 Å². The molecular weight excluding hydrogens is 504 g/mol. The number of amides is 1. The first-order valence-corrected chi connectivity index (χ1v) is 13.4. The minimum Gasteiger partial charge on any atom is -0.485 e. The number of anilines is 1. The van der Waals surface area contributed by atoms with Gasteiger partial charge < -0.3 is 15.2 Å². The molecule has 3 aromatic heterocycles. The number of nitrogens with one attached hydrogen (secondary N) is 1. The number of nitrogens with zero attached hydrogens (tertiary/aromatic N) is 4. The highest BCUT2D eigenvalue weighted by molar-refractivity contribution is 6.04. The third kappa shape index (κ3) is 6.27. The Kier molecular flexibility index (Phi) is 8.21. The van der Waals surface area contributed by atoms with Gasteiger partial charge in [0.15, 0.2) is 11.4 Å². The van der Waals surface area contributed by atoms with Gasteiger partial charge in [-0.2, -0.15) is 5.10 Å². The van der Waals surface area contributed by atoms with Crippen LogP contribution in [0.15, 0.2) is 48.9 Å². The van der Waals surface area contributed by atoms with Crippen LogP contribution in [-0.4, -0.2) is 36.3 Å². The van der Waals surface area contributed by atoms with Crippen LogP contribution in [0.2, 0.25) is 0 Å². The highest BCUT2D eigenvalue weighted by Gasteiger charge is 2.21. The maximum absolute atomic E-state index is 14.0. The lowest BCUT2D eigenvalue weighted by atomic mass is 9.94. The summed E-state index contributed by atoms with van der Waals surface area (Å²) in [6, 6.07) is 6.98. The van der Waals surface area contributed by atoms with Crippen molar-refractivity contribution in [2.24, 2.45) is 5.92 Å². The van der Waals surface area contributed by atoms with Crippen molar-refractivity contribution in [2.45, 2.75) is 71.1 Å². The molecule has 1 aromatic carbocycles. The van der Waals surface area contributed by atoms with Crippen molar-refractivity contribution < 1.29 is 23.4 Å². The zero-order valence-electron chi connectivity index (χ0n) is 21.9. The summed E-state index contributed by atoms with van der Waals surface area (Å²) < 4.78 is 37.2. The third-order valence-electron chi connectivity index (χ3n) is 7.33. The fourth-order valence-corrected chi connectivity index (χ4v) is 5.34. The normalized spacial score (nSPS) is 17.7. The predicted molar refractivity (Wildman–Crippen MR) is 143 cm³/mol. The van der Waals surface area contributed by atoms with Gasteiger partial charge in [-0.25, -0.2) is 13.8 Å². The largest absolute Gasteiger partial charge is 0.485 e. The second-order valence-electron chi connectivity index (χ2n) is 10.2. The Bertz CT molecular complexity index is 1430. The summed E-state index contributed by atoms with van der Waals surface area (Å²) >= 11 is 0. The molecule has 0 aliphatic heterocycles. The van der Waals surface area contributed by atoms with Gasteiger partial charge in [0.05, 0.1) is 29.2 Å². The standard InChI is InChI=1S/C29H33F2N5O3/c1-19-27(36-14-6-12-26(28(36)33-19)39-18-23-24(30)10-4-11-25(23)31)29(38)34-21-16-32-35(17-21)13-5-8-20-7-2-3-9-22(37)15-20/h4,6,10-12,14,16-17,20,22,37H,2-3,5,7-9,13,15,18H2,1H3,(H,34,38). The maximum Gasteiger partial charge on any atom is 0.274 e. The number of pyridine rings is 1. The second kappa shape index (κ2) is 11.9. The number of benzene rings is 1. The Morgan fingerprint density at radius 1 is 1.18 bits per heavy atom. The summed E-state index contributed by atoms with van der Waals surface area (Å²) in [5, 5.41) is 17.3. The van der Waals surface area contributed by atoms with Crippen molar-refractivity contribution in [2.75, 3.05) is 5.32 Å². The van der Waals surface area contributed by atoms with Crippen molar-refractivity contribution in [1.29, 1.82) is 0 Å². The van der Waals surface area contributed by atoms with Crippen LogP contribution in [0.1, 0.15) is 66.7 Å². The monoisotopic (exact) mass is 537 g/mol. The minimum absolute atomic E-state index is 0.176. The van der Waals surface area contributed by atoms with E-state index in [2.05, 4.69) is 15.4 Å². The zero-order valence-corrected chi connectivity index (χ0v) is 21.9. The molecule has 206 valence electrons. The Labute approximate surface area is 225 Å². The zero-order chi connectivity index (χ0) is 27.4. The number of imidazole rings is 1. The van der Waals surface area contributed by atoms with E-state index in [-0.39, 0.29) is 24.2 Å². The highest BCUT2D eigenvalue weighted by Crippen LogP contribution is 2.27. The molecule has 0 radical (unpaired) electrons. The molecule has 4 aromatic rings. The van der Waals surface area contributed by atoms with Crippen LogP contribution >= 0.6 is 0 Å². The molecule has 8 nitrogen and oxygen atoms in total. The van der Waals surface area contributed by atoms with Crippen molar-refractivity contribution >= 4 is 17.2 Å². The summed E-state index contributed by atoms with van der Waals surface area (Å²) in [4.78, 5) is 17.7. The van der Waals surface area contributed by atoms with Crippen LogP contribution in [0.5, 0.6) is 5.75 Å². The molecule has 39 heavy (non-hydrogen) atoms. The van der Waals surface area contributed by atoms with E-state index >= 15 is 0 Å². The number of aliphatic hydroxyl groups excluding tert-OH is 1. The third-order valence-corrected chi connectivity index (χ3v) is 7.33. The molecule has 1 fully saturated rings. The van der Waals surface area contributed by atoms with E-state index in [0.717, 1.165) is 38.6 Å². The summed E-state index contributed by atoms with van der Waals surface area (Å²) in [5.74, 6) is -0.883. The van der Waals surface area contributed by atoms with Gasteiger partial charge in [0.2, 0.25) is 0 Å². The number of hydrogen-bond donors (Lipinski definition) is 2. The molecule has 0 spiro atoms. The molecule has 5 rings (SSSR count). The van der Waals surface area contributed by atoms with E-state index in [1.807, 2.05) is 4.68 Å². The number of halogens is 2. The first-order chi connectivity index (χ1) is 18.9. The van der Waals surface area contributed by atoms with Gasteiger partial charge >= 0.3 is 0 Å². The SMILES string of the molecule is Cc1nc2c(OCc3c(F)cccc3F)cccn2c1C(=O)Nc1cnn(CCCC2CCCCC(O)C2)c1. The van der Waals surface area contributed by atoms with E-state index in [1.165, 1.54) is 31.0 Å². The Hall–Kier alpha value is -3.79. The molecule has 1 aliphatic rings. The summed E-state index contributed by atoms with van der Waals surface area (Å²) in [6.07, 6.45) is 12.2. The Morgan fingerprint density at radius 3 is 2.79 bits per heavy atom. The van der Waals surface area contributed by atoms with E-state index in [0.29, 0.717) is 34.4 Å². The quantitative estimate of drug-likeness (QED) is 0.268. The number of ether oxygens (including phenoxy) is 1. The van der Waals surface area contributed by atoms with Gasteiger partial charge in [-0.1, -0.05) is 25.3 Å². The number of carbonyl (C=O) groups excluding carboxylic acids is 1. The van der Waals surface area contributed by atoms with Gasteiger partial charge in [-0.05, 0) is 62.8 Å². The van der Waals surface area contributed by atoms with E-state index in [4.69, 9.17) is 4.74 Å². The van der Waals surface area contributed by atoms with Crippen molar-refractivity contribution in [3.05, 3.63) is 77.5 Å². The number of hydrogen-bond acceptors (Lipinski definition) is 5. The maximum atomic E-state index is 14.0. The fraction of sp³-hybridized carbons (Fsp3) is 0.414. The molecule has 0 bridgehead atoms. The van der Waals surface area contributed by atoms with Crippen molar-refractivity contribution in [1.82, 2.24) is 19.2 Å².